The molecule has 2 aromatic carbocycles. The Labute approximate surface area is 204 Å². The Hall–Kier alpha value is -3.94. The molecule has 3 aromatic rings. The molecule has 0 saturated carbocycles. The zero-order valence-electron chi connectivity index (χ0n) is 20.3. The number of nitrogens with zero attached hydrogens (tertiary/aromatic N) is 1. The van der Waals surface area contributed by atoms with Crippen LogP contribution in [0.25, 0.3) is 0 Å². The highest BCUT2D eigenvalue weighted by molar-refractivity contribution is 6.05. The molecule has 8 nitrogen and oxygen atoms in total. The maximum absolute atomic E-state index is 13.2. The summed E-state index contributed by atoms with van der Waals surface area (Å²) in [6.45, 7) is 7.98. The van der Waals surface area contributed by atoms with Gasteiger partial charge in [0.1, 0.15) is 0 Å². The van der Waals surface area contributed by atoms with Crippen molar-refractivity contribution in [2.24, 2.45) is 0 Å². The van der Waals surface area contributed by atoms with Crippen molar-refractivity contribution < 1.29 is 28.2 Å². The SMILES string of the molecule is CCOc1cc(C(=O)Nc2ccc3c(c2)CN(C(=O)c2ccco2)CC3)cc(OCC)c1OCC. The fourth-order valence-corrected chi connectivity index (χ4v) is 4.09. The Morgan fingerprint density at radius 2 is 1.66 bits per heavy atom. The monoisotopic (exact) mass is 478 g/mol. The van der Waals surface area contributed by atoms with E-state index in [2.05, 4.69) is 5.32 Å². The van der Waals surface area contributed by atoms with Gasteiger partial charge in [0.2, 0.25) is 5.75 Å². The van der Waals surface area contributed by atoms with E-state index in [1.165, 1.54) is 6.26 Å². The number of hydrogen-bond acceptors (Lipinski definition) is 6. The Bertz CT molecular complexity index is 1160. The highest BCUT2D eigenvalue weighted by Crippen LogP contribution is 2.39. The second-order valence-corrected chi connectivity index (χ2v) is 7.99. The maximum Gasteiger partial charge on any atom is 0.289 e. The first-order valence-electron chi connectivity index (χ1n) is 11.9. The Morgan fingerprint density at radius 1 is 0.943 bits per heavy atom. The number of amides is 2. The van der Waals surface area contributed by atoms with Crippen LogP contribution in [-0.2, 0) is 13.0 Å². The minimum absolute atomic E-state index is 0.142. The van der Waals surface area contributed by atoms with E-state index in [1.807, 2.05) is 39.0 Å². The summed E-state index contributed by atoms with van der Waals surface area (Å²) in [5.74, 6) is 1.29. The third kappa shape index (κ3) is 5.42. The first kappa shape index (κ1) is 24.2. The molecular weight excluding hydrogens is 448 g/mol. The number of hydrogen-bond donors (Lipinski definition) is 1. The van der Waals surface area contributed by atoms with Gasteiger partial charge in [0, 0.05) is 24.3 Å². The topological polar surface area (TPSA) is 90.2 Å². The van der Waals surface area contributed by atoms with E-state index < -0.39 is 0 Å². The van der Waals surface area contributed by atoms with E-state index in [0.717, 1.165) is 17.5 Å². The Morgan fingerprint density at radius 3 is 2.29 bits per heavy atom. The largest absolute Gasteiger partial charge is 0.490 e. The molecule has 0 saturated heterocycles. The van der Waals surface area contributed by atoms with Crippen molar-refractivity contribution in [2.75, 3.05) is 31.7 Å². The van der Waals surface area contributed by atoms with E-state index in [-0.39, 0.29) is 11.8 Å². The zero-order chi connectivity index (χ0) is 24.8. The van der Waals surface area contributed by atoms with E-state index >= 15 is 0 Å². The van der Waals surface area contributed by atoms with E-state index in [1.54, 1.807) is 29.2 Å². The minimum Gasteiger partial charge on any atom is -0.490 e. The van der Waals surface area contributed by atoms with Crippen molar-refractivity contribution in [3.8, 4) is 17.2 Å². The van der Waals surface area contributed by atoms with Gasteiger partial charge in [-0.15, -0.1) is 0 Å². The average Bonchev–Trinajstić information content (AvgIpc) is 3.40. The summed E-state index contributed by atoms with van der Waals surface area (Å²) in [6, 6.07) is 12.5. The molecule has 1 aromatic heterocycles. The molecule has 35 heavy (non-hydrogen) atoms. The van der Waals surface area contributed by atoms with Gasteiger partial charge in [0.05, 0.1) is 26.1 Å². The summed E-state index contributed by atoms with van der Waals surface area (Å²) in [6.07, 6.45) is 2.23. The van der Waals surface area contributed by atoms with Gasteiger partial charge in [-0.1, -0.05) is 6.07 Å². The predicted molar refractivity (Wildman–Crippen MR) is 131 cm³/mol. The lowest BCUT2D eigenvalue weighted by molar-refractivity contribution is 0.0702. The van der Waals surface area contributed by atoms with Crippen molar-refractivity contribution in [3.05, 3.63) is 71.2 Å². The van der Waals surface area contributed by atoms with Crippen molar-refractivity contribution in [1.29, 1.82) is 0 Å². The summed E-state index contributed by atoms with van der Waals surface area (Å²) in [7, 11) is 0. The molecular formula is C27H30N2O6. The predicted octanol–water partition coefficient (Wildman–Crippen LogP) is 4.93. The fourth-order valence-electron chi connectivity index (χ4n) is 4.09. The highest BCUT2D eigenvalue weighted by atomic mass is 16.5. The van der Waals surface area contributed by atoms with Crippen LogP contribution in [0.5, 0.6) is 17.2 Å². The van der Waals surface area contributed by atoms with Crippen LogP contribution in [0.1, 0.15) is 52.8 Å². The third-order valence-corrected chi connectivity index (χ3v) is 5.67. The fraction of sp³-hybridized carbons (Fsp3) is 0.333. The lowest BCUT2D eigenvalue weighted by Crippen LogP contribution is -2.35. The van der Waals surface area contributed by atoms with Crippen LogP contribution in [0, 0.1) is 0 Å². The van der Waals surface area contributed by atoms with Gasteiger partial charge < -0.3 is 28.8 Å². The second-order valence-electron chi connectivity index (χ2n) is 7.99. The number of carbonyl (C=O) groups is 2. The number of nitrogens with one attached hydrogen (secondary N) is 1. The smallest absolute Gasteiger partial charge is 0.289 e. The van der Waals surface area contributed by atoms with Gasteiger partial charge in [0.25, 0.3) is 11.8 Å². The van der Waals surface area contributed by atoms with Crippen molar-refractivity contribution in [2.45, 2.75) is 33.7 Å². The molecule has 0 unspecified atom stereocenters. The molecule has 0 radical (unpaired) electrons. The van der Waals surface area contributed by atoms with Gasteiger partial charge >= 0.3 is 0 Å². The van der Waals surface area contributed by atoms with Crippen LogP contribution in [0.2, 0.25) is 0 Å². The molecule has 1 aliphatic heterocycles. The lowest BCUT2D eigenvalue weighted by atomic mass is 9.98. The molecule has 0 bridgehead atoms. The van der Waals surface area contributed by atoms with Gasteiger partial charge in [-0.05, 0) is 74.7 Å². The molecule has 0 spiro atoms. The van der Waals surface area contributed by atoms with Crippen LogP contribution in [0.3, 0.4) is 0 Å². The summed E-state index contributed by atoms with van der Waals surface area (Å²) in [4.78, 5) is 27.6. The molecule has 1 aliphatic rings. The van der Waals surface area contributed by atoms with Gasteiger partial charge in [-0.3, -0.25) is 9.59 Å². The molecule has 184 valence electrons. The molecule has 1 N–H and O–H groups in total. The molecule has 2 heterocycles. The lowest BCUT2D eigenvalue weighted by Gasteiger charge is -2.28. The molecule has 8 heteroatoms. The number of furan rings is 1. The minimum atomic E-state index is -0.297. The first-order valence-corrected chi connectivity index (χ1v) is 11.9. The summed E-state index contributed by atoms with van der Waals surface area (Å²) < 4.78 is 22.4. The maximum atomic E-state index is 13.2. The zero-order valence-corrected chi connectivity index (χ0v) is 20.3. The highest BCUT2D eigenvalue weighted by Gasteiger charge is 2.24. The third-order valence-electron chi connectivity index (χ3n) is 5.67. The van der Waals surface area contributed by atoms with Crippen molar-refractivity contribution in [1.82, 2.24) is 4.90 Å². The normalized spacial score (nSPS) is 12.6. The van der Waals surface area contributed by atoms with Crippen LogP contribution < -0.4 is 19.5 Å². The van der Waals surface area contributed by atoms with Crippen LogP contribution >= 0.6 is 0 Å². The summed E-state index contributed by atoms with van der Waals surface area (Å²) in [5.41, 5.74) is 3.19. The average molecular weight is 479 g/mol. The number of fused-ring (bicyclic) bond motifs is 1. The van der Waals surface area contributed by atoms with Crippen LogP contribution in [0.15, 0.2) is 53.1 Å². The van der Waals surface area contributed by atoms with Crippen molar-refractivity contribution >= 4 is 17.5 Å². The van der Waals surface area contributed by atoms with E-state index in [9.17, 15) is 9.59 Å². The summed E-state index contributed by atoms with van der Waals surface area (Å²) >= 11 is 0. The Balaban J connectivity index is 1.54. The number of rotatable bonds is 9. The molecule has 0 fully saturated rings. The van der Waals surface area contributed by atoms with E-state index in [4.69, 9.17) is 18.6 Å². The quantitative estimate of drug-likeness (QED) is 0.469. The number of anilines is 1. The number of ether oxygens (including phenoxy) is 3. The standard InChI is InChI=1S/C27H30N2O6/c1-4-32-23-15-19(16-24(33-5-2)25(23)34-6-3)26(30)28-21-10-9-18-11-12-29(17-20(18)14-21)27(31)22-8-7-13-35-22/h7-10,13-16H,4-6,11-12,17H2,1-3H3,(H,28,30). The van der Waals surface area contributed by atoms with Crippen LogP contribution in [-0.4, -0.2) is 43.1 Å². The first-order chi connectivity index (χ1) is 17.0. The van der Waals surface area contributed by atoms with Crippen LogP contribution in [0.4, 0.5) is 5.69 Å². The molecule has 0 aliphatic carbocycles. The summed E-state index contributed by atoms with van der Waals surface area (Å²) in [5, 5.41) is 2.96. The van der Waals surface area contributed by atoms with Gasteiger partial charge in [-0.2, -0.15) is 0 Å². The van der Waals surface area contributed by atoms with Gasteiger partial charge in [-0.25, -0.2) is 0 Å². The number of carbonyl (C=O) groups excluding carboxylic acids is 2. The Kier molecular flexibility index (Phi) is 7.60. The second kappa shape index (κ2) is 11.0. The molecule has 0 atom stereocenters. The van der Waals surface area contributed by atoms with Crippen molar-refractivity contribution in [3.63, 3.8) is 0 Å². The molecule has 4 rings (SSSR count). The number of benzene rings is 2. The van der Waals surface area contributed by atoms with E-state index in [0.29, 0.717) is 67.2 Å². The van der Waals surface area contributed by atoms with Gasteiger partial charge in [0.15, 0.2) is 17.3 Å². The molecule has 2 amide bonds.